The van der Waals surface area contributed by atoms with Crippen LogP contribution in [0.2, 0.25) is 0 Å². The van der Waals surface area contributed by atoms with Gasteiger partial charge >= 0.3 is 0 Å². The highest BCUT2D eigenvalue weighted by Crippen LogP contribution is 2.40. The second-order valence-electron chi connectivity index (χ2n) is 6.10. The standard InChI is InChI=1S/C15H20BrN3O/c1-8(2)9-3-4-19(7-9)13-6-12-10(5-11(13)16)14(17)15(20)18-12/h5-6,8-9,14H,3-4,7,17H2,1-2H3,(H,18,20). The largest absolute Gasteiger partial charge is 0.370 e. The first-order chi connectivity index (χ1) is 9.47. The number of amides is 1. The normalized spacial score (nSPS) is 25.2. The van der Waals surface area contributed by atoms with E-state index < -0.39 is 6.04 Å². The van der Waals surface area contributed by atoms with Gasteiger partial charge in [-0.25, -0.2) is 0 Å². The maximum Gasteiger partial charge on any atom is 0.245 e. The summed E-state index contributed by atoms with van der Waals surface area (Å²) in [5, 5.41) is 2.86. The Kier molecular flexibility index (Phi) is 3.50. The SMILES string of the molecule is CC(C)C1CCN(c2cc3c(cc2Br)C(N)C(=O)N3)C1. The molecular formula is C15H20BrN3O. The van der Waals surface area contributed by atoms with E-state index in [4.69, 9.17) is 5.73 Å². The number of halogens is 1. The van der Waals surface area contributed by atoms with Gasteiger partial charge in [-0.05, 0) is 46.3 Å². The number of nitrogens with one attached hydrogen (secondary N) is 1. The summed E-state index contributed by atoms with van der Waals surface area (Å²) in [6.07, 6.45) is 1.23. The number of rotatable bonds is 2. The highest BCUT2D eigenvalue weighted by molar-refractivity contribution is 9.10. The lowest BCUT2D eigenvalue weighted by atomic mass is 9.95. The molecule has 5 heteroatoms. The van der Waals surface area contributed by atoms with E-state index in [1.807, 2.05) is 12.1 Å². The van der Waals surface area contributed by atoms with Gasteiger partial charge in [-0.2, -0.15) is 0 Å². The monoisotopic (exact) mass is 337 g/mol. The predicted octanol–water partition coefficient (Wildman–Crippen LogP) is 2.88. The van der Waals surface area contributed by atoms with E-state index in [0.717, 1.165) is 40.4 Å². The number of anilines is 2. The minimum atomic E-state index is -0.544. The van der Waals surface area contributed by atoms with E-state index >= 15 is 0 Å². The fourth-order valence-corrected chi connectivity index (χ4v) is 3.70. The first kappa shape index (κ1) is 13.9. The average molecular weight is 338 g/mol. The molecule has 2 unspecified atom stereocenters. The van der Waals surface area contributed by atoms with Gasteiger partial charge in [0.1, 0.15) is 6.04 Å². The summed E-state index contributed by atoms with van der Waals surface area (Å²) in [5.74, 6) is 1.33. The van der Waals surface area contributed by atoms with Crippen LogP contribution in [0.4, 0.5) is 11.4 Å². The van der Waals surface area contributed by atoms with Crippen molar-refractivity contribution in [1.29, 1.82) is 0 Å². The highest BCUT2D eigenvalue weighted by Gasteiger charge is 2.31. The van der Waals surface area contributed by atoms with E-state index in [1.54, 1.807) is 0 Å². The molecule has 20 heavy (non-hydrogen) atoms. The molecule has 2 atom stereocenters. The Morgan fingerprint density at radius 2 is 2.20 bits per heavy atom. The van der Waals surface area contributed by atoms with Crippen molar-refractivity contribution in [2.75, 3.05) is 23.3 Å². The number of benzene rings is 1. The molecule has 4 nitrogen and oxygen atoms in total. The van der Waals surface area contributed by atoms with Crippen LogP contribution in [0.5, 0.6) is 0 Å². The zero-order valence-corrected chi connectivity index (χ0v) is 13.4. The molecule has 0 saturated carbocycles. The Morgan fingerprint density at radius 1 is 1.45 bits per heavy atom. The third kappa shape index (κ3) is 2.23. The van der Waals surface area contributed by atoms with Gasteiger partial charge in [0.05, 0.1) is 5.69 Å². The van der Waals surface area contributed by atoms with E-state index in [2.05, 4.69) is 40.0 Å². The van der Waals surface area contributed by atoms with Gasteiger partial charge in [0.2, 0.25) is 5.91 Å². The number of nitrogens with two attached hydrogens (primary N) is 1. The summed E-state index contributed by atoms with van der Waals surface area (Å²) in [6.45, 7) is 6.71. The molecule has 0 bridgehead atoms. The number of hydrogen-bond donors (Lipinski definition) is 2. The van der Waals surface area contributed by atoms with Crippen molar-refractivity contribution in [1.82, 2.24) is 0 Å². The topological polar surface area (TPSA) is 58.4 Å². The molecule has 3 N–H and O–H groups in total. The molecular weight excluding hydrogens is 318 g/mol. The molecule has 3 rings (SSSR count). The zero-order valence-electron chi connectivity index (χ0n) is 11.8. The van der Waals surface area contributed by atoms with Gasteiger partial charge in [0, 0.05) is 28.8 Å². The van der Waals surface area contributed by atoms with Crippen molar-refractivity contribution in [3.05, 3.63) is 22.2 Å². The molecule has 108 valence electrons. The minimum Gasteiger partial charge on any atom is -0.370 e. The molecule has 0 aliphatic carbocycles. The maximum atomic E-state index is 11.7. The van der Waals surface area contributed by atoms with E-state index in [-0.39, 0.29) is 5.91 Å². The second kappa shape index (κ2) is 5.04. The molecule has 2 aliphatic rings. The number of hydrogen-bond acceptors (Lipinski definition) is 3. The highest BCUT2D eigenvalue weighted by atomic mass is 79.9. The molecule has 2 aliphatic heterocycles. The Morgan fingerprint density at radius 3 is 2.85 bits per heavy atom. The molecule has 0 spiro atoms. The summed E-state index contributed by atoms with van der Waals surface area (Å²) in [7, 11) is 0. The smallest absolute Gasteiger partial charge is 0.245 e. The molecule has 1 amide bonds. The summed E-state index contributed by atoms with van der Waals surface area (Å²) in [4.78, 5) is 14.0. The molecule has 0 radical (unpaired) electrons. The van der Waals surface area contributed by atoms with E-state index in [1.165, 1.54) is 6.42 Å². The third-order valence-corrected chi connectivity index (χ3v) is 5.14. The van der Waals surface area contributed by atoms with Gasteiger partial charge in [0.15, 0.2) is 0 Å². The van der Waals surface area contributed by atoms with Crippen LogP contribution in [0.1, 0.15) is 31.9 Å². The number of fused-ring (bicyclic) bond motifs is 1. The lowest BCUT2D eigenvalue weighted by Crippen LogP contribution is -2.21. The fourth-order valence-electron chi connectivity index (χ4n) is 3.09. The average Bonchev–Trinajstić information content (AvgIpc) is 2.97. The van der Waals surface area contributed by atoms with Gasteiger partial charge < -0.3 is 16.0 Å². The van der Waals surface area contributed by atoms with Crippen LogP contribution in [0, 0.1) is 11.8 Å². The first-order valence-corrected chi connectivity index (χ1v) is 7.91. The van der Waals surface area contributed by atoms with Crippen molar-refractivity contribution >= 4 is 33.2 Å². The fraction of sp³-hybridized carbons (Fsp3) is 0.533. The maximum absolute atomic E-state index is 11.7. The van der Waals surface area contributed by atoms with Crippen LogP contribution in [0.15, 0.2) is 16.6 Å². The molecule has 2 heterocycles. The van der Waals surface area contributed by atoms with Crippen LogP contribution in [0.3, 0.4) is 0 Å². The summed E-state index contributed by atoms with van der Waals surface area (Å²) >= 11 is 3.63. The summed E-state index contributed by atoms with van der Waals surface area (Å²) in [5.41, 5.74) is 8.77. The van der Waals surface area contributed by atoms with Gasteiger partial charge in [0.25, 0.3) is 0 Å². The molecule has 0 aromatic heterocycles. The molecule has 1 aromatic carbocycles. The van der Waals surface area contributed by atoms with Gasteiger partial charge in [-0.3, -0.25) is 4.79 Å². The first-order valence-electron chi connectivity index (χ1n) is 7.12. The van der Waals surface area contributed by atoms with Gasteiger partial charge in [-0.15, -0.1) is 0 Å². The Bertz CT molecular complexity index is 558. The lowest BCUT2D eigenvalue weighted by molar-refractivity contribution is -0.116. The van der Waals surface area contributed by atoms with Crippen molar-refractivity contribution < 1.29 is 4.79 Å². The van der Waals surface area contributed by atoms with Crippen molar-refractivity contribution in [3.63, 3.8) is 0 Å². The molecule has 1 saturated heterocycles. The number of carbonyl (C=O) groups is 1. The summed E-state index contributed by atoms with van der Waals surface area (Å²) in [6, 6.07) is 3.49. The van der Waals surface area contributed by atoms with Crippen LogP contribution in [-0.2, 0) is 4.79 Å². The molecule has 1 aromatic rings. The molecule has 1 fully saturated rings. The lowest BCUT2D eigenvalue weighted by Gasteiger charge is -2.22. The third-order valence-electron chi connectivity index (χ3n) is 4.50. The van der Waals surface area contributed by atoms with E-state index in [0.29, 0.717) is 5.92 Å². The Labute approximate surface area is 127 Å². The van der Waals surface area contributed by atoms with Crippen molar-refractivity contribution in [2.24, 2.45) is 17.6 Å². The Balaban J connectivity index is 1.89. The van der Waals surface area contributed by atoms with Crippen LogP contribution >= 0.6 is 15.9 Å². The zero-order chi connectivity index (χ0) is 14.4. The minimum absolute atomic E-state index is 0.120. The van der Waals surface area contributed by atoms with Crippen LogP contribution in [-0.4, -0.2) is 19.0 Å². The summed E-state index contributed by atoms with van der Waals surface area (Å²) < 4.78 is 1.02. The Hall–Kier alpha value is -1.07. The van der Waals surface area contributed by atoms with E-state index in [9.17, 15) is 4.79 Å². The number of carbonyl (C=O) groups excluding carboxylic acids is 1. The van der Waals surface area contributed by atoms with Crippen LogP contribution < -0.4 is 16.0 Å². The second-order valence-corrected chi connectivity index (χ2v) is 6.95. The quantitative estimate of drug-likeness (QED) is 0.872. The van der Waals surface area contributed by atoms with Crippen molar-refractivity contribution in [3.8, 4) is 0 Å². The van der Waals surface area contributed by atoms with Crippen LogP contribution in [0.25, 0.3) is 0 Å². The van der Waals surface area contributed by atoms with Crippen molar-refractivity contribution in [2.45, 2.75) is 26.3 Å². The number of nitrogens with zero attached hydrogens (tertiary/aromatic N) is 1. The van der Waals surface area contributed by atoms with Gasteiger partial charge in [-0.1, -0.05) is 13.8 Å². The predicted molar refractivity (Wildman–Crippen MR) is 84.9 cm³/mol.